The van der Waals surface area contributed by atoms with Gasteiger partial charge in [-0.05, 0) is 0 Å². The molecule has 38 nitrogen and oxygen atoms in total. The fraction of sp³-hybridized carbons (Fsp3) is 0. The zero-order valence-corrected chi connectivity index (χ0v) is 24.4. The van der Waals surface area contributed by atoms with Gasteiger partial charge < -0.3 is 193 Å². The van der Waals surface area contributed by atoms with E-state index in [0.717, 1.165) is 0 Å². The van der Waals surface area contributed by atoms with Crippen LogP contribution < -0.4 is 12.3 Å². The van der Waals surface area contributed by atoms with Crippen LogP contribution in [0.25, 0.3) is 0 Å². The van der Waals surface area contributed by atoms with Gasteiger partial charge in [0.05, 0.1) is 0 Å². The molecule has 0 aliphatic rings. The molecule has 0 rings (SSSR count). The van der Waals surface area contributed by atoms with Crippen molar-refractivity contribution >= 4 is 117 Å². The van der Waals surface area contributed by atoms with Crippen molar-refractivity contribution < 1.29 is 181 Å². The molecule has 0 atom stereocenters. The predicted molar refractivity (Wildman–Crippen MR) is 166 cm³/mol. The van der Waals surface area contributed by atoms with Crippen molar-refractivity contribution in [3.63, 3.8) is 0 Å². The van der Waals surface area contributed by atoms with E-state index in [1.54, 1.807) is 0 Å². The van der Waals surface area contributed by atoms with E-state index in [9.17, 15) is 0 Å². The third-order valence-electron chi connectivity index (χ3n) is 0. The molecule has 0 aromatic heterocycles. The molecule has 0 aromatic carbocycles. The Hall–Kier alpha value is 0.259. The van der Waals surface area contributed by atoms with Gasteiger partial charge in [-0.3, -0.25) is 0 Å². The van der Waals surface area contributed by atoms with Gasteiger partial charge >= 0.3 is 117 Å². The average molecular weight is 800 g/mol. The third-order valence-corrected chi connectivity index (χ3v) is 0. The summed E-state index contributed by atoms with van der Waals surface area (Å²) < 4.78 is 0. The SMILES string of the molecule is N.N.OB(O)O.OB(O)O.OB(O)O.OB(O)O.OB(O)O.OB(O)O.OB(O)O.OB(O)O.OB(O)O.OB(O)O.OB(O)O.OB(O)O.[NaH]. The van der Waals surface area contributed by atoms with Crippen molar-refractivity contribution in [1.29, 1.82) is 0 Å². The molecule has 0 aromatic rings. The zero-order valence-electron chi connectivity index (χ0n) is 24.4. The van der Waals surface area contributed by atoms with Gasteiger partial charge in [-0.2, -0.15) is 0 Å². The average Bonchev–Trinajstić information content (AvgIpc) is 2.61. The molecule has 51 heavy (non-hydrogen) atoms. The van der Waals surface area contributed by atoms with Crippen molar-refractivity contribution in [1.82, 2.24) is 12.3 Å². The number of rotatable bonds is 0. The van der Waals surface area contributed by atoms with Gasteiger partial charge in [0, 0.05) is 0 Å². The second-order valence-corrected chi connectivity index (χ2v) is 4.16. The first-order chi connectivity index (χ1) is 20.8. The molecule has 0 amide bonds. The van der Waals surface area contributed by atoms with Crippen LogP contribution in [0.4, 0.5) is 0 Å². The Labute approximate surface area is 310 Å². The van der Waals surface area contributed by atoms with Crippen molar-refractivity contribution in [2.75, 3.05) is 0 Å². The Bertz CT molecular complexity index is 244. The summed E-state index contributed by atoms with van der Waals surface area (Å²) in [6, 6.07) is 0. The van der Waals surface area contributed by atoms with Gasteiger partial charge in [0.2, 0.25) is 0 Å². The molecule has 0 aliphatic carbocycles. The quantitative estimate of drug-likeness (QED) is 0.101. The molecule has 0 saturated carbocycles. The number of hydrogen-bond acceptors (Lipinski definition) is 38. The molecule has 306 valence electrons. The molecular formula is H43B12N2NaO36. The van der Waals surface area contributed by atoms with E-state index in [1.165, 1.54) is 0 Å². The first-order valence-electron chi connectivity index (χ1n) is 9.30. The Morgan fingerprint density at radius 2 is 0.118 bits per heavy atom. The van der Waals surface area contributed by atoms with Crippen LogP contribution in [-0.2, 0) is 0 Å². The normalized spacial score (nSPS) is 6.35. The Balaban J connectivity index is -0.0000000212. The van der Waals surface area contributed by atoms with Crippen LogP contribution >= 0.6 is 0 Å². The van der Waals surface area contributed by atoms with Crippen LogP contribution in [0.3, 0.4) is 0 Å². The fourth-order valence-corrected chi connectivity index (χ4v) is 0. The second kappa shape index (κ2) is 92.8. The van der Waals surface area contributed by atoms with Crippen molar-refractivity contribution in [3.05, 3.63) is 0 Å². The maximum atomic E-state index is 7.17. The van der Waals surface area contributed by atoms with Gasteiger partial charge in [0.25, 0.3) is 0 Å². The summed E-state index contributed by atoms with van der Waals surface area (Å²) in [5, 5.41) is 258. The molecule has 0 aliphatic heterocycles. The van der Waals surface area contributed by atoms with Crippen LogP contribution in [-0.4, -0.2) is 298 Å². The molecule has 0 radical (unpaired) electrons. The molecule has 0 spiro atoms. The van der Waals surface area contributed by atoms with Crippen LogP contribution in [0, 0.1) is 0 Å². The van der Waals surface area contributed by atoms with Crippen LogP contribution in [0.2, 0.25) is 0 Å². The van der Waals surface area contributed by atoms with Gasteiger partial charge in [0.1, 0.15) is 0 Å². The van der Waals surface area contributed by atoms with Gasteiger partial charge in [-0.15, -0.1) is 0 Å². The van der Waals surface area contributed by atoms with E-state index in [1.807, 2.05) is 0 Å². The number of hydrogen-bond donors (Lipinski definition) is 38. The summed E-state index contributed by atoms with van der Waals surface area (Å²) >= 11 is 0. The van der Waals surface area contributed by atoms with E-state index in [0.29, 0.717) is 0 Å². The zero-order chi connectivity index (χ0) is 42.9. The summed E-state index contributed by atoms with van der Waals surface area (Å²) in [6.07, 6.45) is 0. The summed E-state index contributed by atoms with van der Waals surface area (Å²) in [7, 11) is -26.0. The molecule has 51 heteroatoms. The van der Waals surface area contributed by atoms with Gasteiger partial charge in [0.15, 0.2) is 0 Å². The summed E-state index contributed by atoms with van der Waals surface area (Å²) in [4.78, 5) is 0. The van der Waals surface area contributed by atoms with Gasteiger partial charge in [-0.1, -0.05) is 0 Å². The fourth-order valence-electron chi connectivity index (χ4n) is 0. The molecule has 0 heterocycles. The summed E-state index contributed by atoms with van der Waals surface area (Å²) in [5.74, 6) is 0. The van der Waals surface area contributed by atoms with E-state index < -0.39 is 87.9 Å². The molecule has 0 bridgehead atoms. The van der Waals surface area contributed by atoms with E-state index in [2.05, 4.69) is 0 Å². The van der Waals surface area contributed by atoms with Crippen LogP contribution in [0.15, 0.2) is 0 Å². The van der Waals surface area contributed by atoms with E-state index >= 15 is 0 Å². The second-order valence-electron chi connectivity index (χ2n) is 4.16. The maximum absolute atomic E-state index is 7.17. The van der Waals surface area contributed by atoms with Gasteiger partial charge in [-0.25, -0.2) is 0 Å². The van der Waals surface area contributed by atoms with Crippen molar-refractivity contribution in [2.45, 2.75) is 0 Å². The molecular weight excluding hydrogens is 757 g/mol. The Kier molecular flexibility index (Phi) is 179. The van der Waals surface area contributed by atoms with E-state index in [4.69, 9.17) is 181 Å². The minimum atomic E-state index is -2.17. The summed E-state index contributed by atoms with van der Waals surface area (Å²) in [6.45, 7) is 0. The summed E-state index contributed by atoms with van der Waals surface area (Å²) in [5.41, 5.74) is 0. The molecule has 42 N–H and O–H groups in total. The predicted octanol–water partition coefficient (Wildman–Crippen LogP) is -24.9. The first-order valence-corrected chi connectivity index (χ1v) is 9.30. The minimum absolute atomic E-state index is 0. The first kappa shape index (κ1) is 98.5. The Morgan fingerprint density at radius 1 is 0.118 bits per heavy atom. The van der Waals surface area contributed by atoms with Crippen LogP contribution in [0.1, 0.15) is 0 Å². The third kappa shape index (κ3) is 1740000. The van der Waals surface area contributed by atoms with E-state index in [-0.39, 0.29) is 41.9 Å². The van der Waals surface area contributed by atoms with Crippen molar-refractivity contribution in [2.24, 2.45) is 0 Å². The molecule has 0 saturated heterocycles. The topological polar surface area (TPSA) is 798 Å². The molecule has 0 unspecified atom stereocenters. The van der Waals surface area contributed by atoms with Crippen LogP contribution in [0.5, 0.6) is 0 Å². The monoisotopic (exact) mass is 802 g/mol. The molecule has 0 fully saturated rings. The Morgan fingerprint density at radius 3 is 0.118 bits per heavy atom. The van der Waals surface area contributed by atoms with Crippen molar-refractivity contribution in [3.8, 4) is 0 Å². The standard InChI is InChI=1S/12BH3O3.2H3N.Na.H/c12*2-1(3)4;;;;/h12*2-4H;2*1H3;;.